The maximum atomic E-state index is 12.8. The monoisotopic (exact) mass is 414 g/mol. The quantitative estimate of drug-likeness (QED) is 0.439. The highest BCUT2D eigenvalue weighted by atomic mass is 32.1. The van der Waals surface area contributed by atoms with Gasteiger partial charge in [-0.25, -0.2) is 4.98 Å². The van der Waals surface area contributed by atoms with Gasteiger partial charge in [0.25, 0.3) is 5.56 Å². The Morgan fingerprint density at radius 3 is 2.64 bits per heavy atom. The van der Waals surface area contributed by atoms with E-state index >= 15 is 0 Å². The van der Waals surface area contributed by atoms with Crippen LogP contribution in [0.15, 0.2) is 48.0 Å². The lowest BCUT2D eigenvalue weighted by molar-refractivity contribution is -0.131. The predicted molar refractivity (Wildman–Crippen MR) is 115 cm³/mol. The number of thiazole rings is 1. The third-order valence-corrected chi connectivity index (χ3v) is 5.96. The van der Waals surface area contributed by atoms with Crippen molar-refractivity contribution in [2.24, 2.45) is 0 Å². The van der Waals surface area contributed by atoms with Gasteiger partial charge >= 0.3 is 0 Å². The Kier molecular flexibility index (Phi) is 6.21. The molecule has 0 fully saturated rings. The zero-order valence-electron chi connectivity index (χ0n) is 15.9. The molecule has 0 aliphatic rings. The minimum Gasteiger partial charge on any atom is -0.340 e. The van der Waals surface area contributed by atoms with Crippen LogP contribution in [-0.4, -0.2) is 32.0 Å². The van der Waals surface area contributed by atoms with Gasteiger partial charge in [-0.05, 0) is 29.8 Å². The summed E-state index contributed by atoms with van der Waals surface area (Å²) in [7, 11) is 1.73. The Labute approximate surface area is 172 Å². The molecule has 3 aromatic rings. The number of allylic oxidation sites excluding steroid dienone is 1. The molecule has 0 atom stereocenters. The summed E-state index contributed by atoms with van der Waals surface area (Å²) >= 11 is 6.52. The van der Waals surface area contributed by atoms with Gasteiger partial charge in [-0.2, -0.15) is 0 Å². The molecule has 0 saturated carbocycles. The van der Waals surface area contributed by atoms with E-state index in [0.29, 0.717) is 27.4 Å². The number of rotatable bonds is 7. The number of likely N-dealkylation sites (N-methyl/N-ethyl adjacent to an activating group) is 1. The summed E-state index contributed by atoms with van der Waals surface area (Å²) in [5.41, 5.74) is 2.59. The third kappa shape index (κ3) is 4.13. The SMILES string of the molecule is C=CCn1c(=S)sc2c(=O)n(CC(=O)N(C)Cc3ccc(CC)cc3)cnc21. The lowest BCUT2D eigenvalue weighted by Crippen LogP contribution is -2.33. The Hall–Kier alpha value is -2.58. The van der Waals surface area contributed by atoms with Crippen molar-refractivity contribution in [1.29, 1.82) is 0 Å². The second-order valence-electron chi connectivity index (χ2n) is 6.52. The van der Waals surface area contributed by atoms with Crippen LogP contribution in [0.25, 0.3) is 10.3 Å². The number of hydrogen-bond donors (Lipinski definition) is 0. The van der Waals surface area contributed by atoms with Crippen molar-refractivity contribution in [3.63, 3.8) is 0 Å². The molecule has 1 aromatic carbocycles. The molecule has 0 aliphatic heterocycles. The van der Waals surface area contributed by atoms with Crippen LogP contribution in [0, 0.1) is 3.95 Å². The van der Waals surface area contributed by atoms with E-state index in [1.807, 2.05) is 12.1 Å². The molecule has 0 aliphatic carbocycles. The van der Waals surface area contributed by atoms with Crippen LogP contribution in [0.5, 0.6) is 0 Å². The van der Waals surface area contributed by atoms with Crippen LogP contribution < -0.4 is 5.56 Å². The van der Waals surface area contributed by atoms with Crippen molar-refractivity contribution in [2.75, 3.05) is 7.05 Å². The van der Waals surface area contributed by atoms with E-state index < -0.39 is 0 Å². The fraction of sp³-hybridized carbons (Fsp3) is 0.300. The van der Waals surface area contributed by atoms with Crippen LogP contribution in [-0.2, 0) is 30.8 Å². The average Bonchev–Trinajstić information content (AvgIpc) is 3.01. The second kappa shape index (κ2) is 8.62. The van der Waals surface area contributed by atoms with Gasteiger partial charge in [-0.15, -0.1) is 6.58 Å². The summed E-state index contributed by atoms with van der Waals surface area (Å²) < 4.78 is 4.13. The molecular weight excluding hydrogens is 392 g/mol. The molecule has 0 N–H and O–H groups in total. The highest BCUT2D eigenvalue weighted by Gasteiger charge is 2.15. The second-order valence-corrected chi connectivity index (χ2v) is 8.16. The normalized spacial score (nSPS) is 10.9. The van der Waals surface area contributed by atoms with E-state index in [9.17, 15) is 9.59 Å². The summed E-state index contributed by atoms with van der Waals surface area (Å²) in [6, 6.07) is 8.18. The largest absolute Gasteiger partial charge is 0.340 e. The highest BCUT2D eigenvalue weighted by molar-refractivity contribution is 7.73. The van der Waals surface area contributed by atoms with Gasteiger partial charge in [0.1, 0.15) is 17.6 Å². The van der Waals surface area contributed by atoms with Gasteiger partial charge in [0.2, 0.25) is 5.91 Å². The van der Waals surface area contributed by atoms with Crippen LogP contribution in [0.2, 0.25) is 0 Å². The fourth-order valence-corrected chi connectivity index (χ4v) is 4.20. The molecule has 0 unspecified atom stereocenters. The highest BCUT2D eigenvalue weighted by Crippen LogP contribution is 2.17. The lowest BCUT2D eigenvalue weighted by Gasteiger charge is -2.18. The van der Waals surface area contributed by atoms with Crippen LogP contribution in [0.3, 0.4) is 0 Å². The van der Waals surface area contributed by atoms with Crippen molar-refractivity contribution in [1.82, 2.24) is 19.0 Å². The standard InChI is InChI=1S/C20H22N4O2S2/c1-4-10-24-18-17(28-20(24)27)19(26)23(13-21-18)12-16(25)22(3)11-15-8-6-14(5-2)7-9-15/h4,6-9,13H,1,5,10-12H2,2-3H3. The van der Waals surface area contributed by atoms with Gasteiger partial charge in [-0.3, -0.25) is 14.2 Å². The summed E-state index contributed by atoms with van der Waals surface area (Å²) in [5, 5.41) is 0. The van der Waals surface area contributed by atoms with Crippen molar-refractivity contribution < 1.29 is 4.79 Å². The molecule has 146 valence electrons. The Morgan fingerprint density at radius 1 is 1.32 bits per heavy atom. The molecule has 0 radical (unpaired) electrons. The maximum absolute atomic E-state index is 12.8. The van der Waals surface area contributed by atoms with E-state index in [1.165, 1.54) is 27.8 Å². The van der Waals surface area contributed by atoms with Gasteiger partial charge in [0.05, 0.1) is 0 Å². The summed E-state index contributed by atoms with van der Waals surface area (Å²) in [5.74, 6) is -0.156. The van der Waals surface area contributed by atoms with E-state index in [0.717, 1.165) is 12.0 Å². The van der Waals surface area contributed by atoms with Crippen molar-refractivity contribution in [3.05, 3.63) is 68.7 Å². The lowest BCUT2D eigenvalue weighted by atomic mass is 10.1. The van der Waals surface area contributed by atoms with Crippen molar-refractivity contribution >= 4 is 39.8 Å². The first-order chi connectivity index (χ1) is 13.4. The van der Waals surface area contributed by atoms with Gasteiger partial charge in [0, 0.05) is 20.1 Å². The number of hydrogen-bond acceptors (Lipinski definition) is 5. The number of carbonyl (C=O) groups is 1. The first kappa shape index (κ1) is 20.2. The molecule has 0 bridgehead atoms. The minimum absolute atomic E-state index is 0.0581. The molecule has 0 saturated heterocycles. The number of aryl methyl sites for hydroxylation is 1. The summed E-state index contributed by atoms with van der Waals surface area (Å²) in [6.07, 6.45) is 4.10. The molecular formula is C20H22N4O2S2. The number of aromatic nitrogens is 3. The minimum atomic E-state index is -0.252. The van der Waals surface area contributed by atoms with Crippen molar-refractivity contribution in [2.45, 2.75) is 33.0 Å². The topological polar surface area (TPSA) is 60.1 Å². The van der Waals surface area contributed by atoms with E-state index in [2.05, 4.69) is 30.6 Å². The number of nitrogens with zero attached hydrogens (tertiary/aromatic N) is 4. The Morgan fingerprint density at radius 2 is 2.00 bits per heavy atom. The fourth-order valence-electron chi connectivity index (χ4n) is 2.88. The van der Waals surface area contributed by atoms with E-state index in [-0.39, 0.29) is 18.0 Å². The zero-order chi connectivity index (χ0) is 20.3. The maximum Gasteiger partial charge on any atom is 0.273 e. The summed E-state index contributed by atoms with van der Waals surface area (Å²) in [4.78, 5) is 31.3. The molecule has 3 rings (SSSR count). The molecule has 2 aromatic heterocycles. The van der Waals surface area contributed by atoms with E-state index in [4.69, 9.17) is 12.2 Å². The number of amides is 1. The Bertz CT molecular complexity index is 1130. The van der Waals surface area contributed by atoms with Gasteiger partial charge in [0.15, 0.2) is 9.60 Å². The van der Waals surface area contributed by atoms with Gasteiger partial charge in [-0.1, -0.05) is 48.6 Å². The molecule has 1 amide bonds. The van der Waals surface area contributed by atoms with Gasteiger partial charge < -0.3 is 9.47 Å². The number of benzene rings is 1. The Balaban J connectivity index is 1.78. The first-order valence-corrected chi connectivity index (χ1v) is 10.2. The first-order valence-electron chi connectivity index (χ1n) is 8.96. The average molecular weight is 415 g/mol. The van der Waals surface area contributed by atoms with Crippen molar-refractivity contribution in [3.8, 4) is 0 Å². The zero-order valence-corrected chi connectivity index (χ0v) is 17.6. The number of carbonyl (C=O) groups excluding carboxylic acids is 1. The molecule has 2 heterocycles. The molecule has 28 heavy (non-hydrogen) atoms. The predicted octanol–water partition coefficient (Wildman–Crippen LogP) is 3.40. The van der Waals surface area contributed by atoms with Crippen LogP contribution >= 0.6 is 23.6 Å². The van der Waals surface area contributed by atoms with E-state index in [1.54, 1.807) is 22.6 Å². The van der Waals surface area contributed by atoms with Crippen LogP contribution in [0.1, 0.15) is 18.1 Å². The smallest absolute Gasteiger partial charge is 0.273 e. The molecule has 0 spiro atoms. The third-order valence-electron chi connectivity index (χ3n) is 4.54. The summed E-state index contributed by atoms with van der Waals surface area (Å²) in [6.45, 7) is 6.73. The molecule has 6 nitrogen and oxygen atoms in total. The number of fused-ring (bicyclic) bond motifs is 1. The molecule has 8 heteroatoms. The van der Waals surface area contributed by atoms with Crippen LogP contribution in [0.4, 0.5) is 0 Å².